The summed E-state index contributed by atoms with van der Waals surface area (Å²) in [5, 5.41) is 0. The molecule has 0 aliphatic rings. The Morgan fingerprint density at radius 2 is 0.929 bits per heavy atom. The van der Waals surface area contributed by atoms with Gasteiger partial charge in [-0.2, -0.15) is 0 Å². The van der Waals surface area contributed by atoms with Crippen LogP contribution in [-0.4, -0.2) is 52.3 Å². The Morgan fingerprint density at radius 3 is 1.11 bits per heavy atom. The van der Waals surface area contributed by atoms with Crippen molar-refractivity contribution in [3.63, 3.8) is 0 Å². The highest BCUT2D eigenvalue weighted by Gasteiger charge is 2.48. The summed E-state index contributed by atoms with van der Waals surface area (Å²) in [4.78, 5) is 48.8. The number of esters is 4. The number of methoxy groups -OCH3 is 4. The fourth-order valence-electron chi connectivity index (χ4n) is 2.63. The smallest absolute Gasteiger partial charge is 0.324 e. The van der Waals surface area contributed by atoms with Gasteiger partial charge in [0, 0.05) is 12.8 Å². The minimum Gasteiger partial charge on any atom is -0.468 e. The van der Waals surface area contributed by atoms with Crippen molar-refractivity contribution in [2.24, 2.45) is 10.8 Å². The summed E-state index contributed by atoms with van der Waals surface area (Å²) in [5.41, 5.74) is -3.50. The van der Waals surface area contributed by atoms with Crippen molar-refractivity contribution in [1.82, 2.24) is 0 Å². The average molecular weight is 392 g/mol. The lowest BCUT2D eigenvalue weighted by Gasteiger charge is -2.26. The molecule has 0 fully saturated rings. The maximum atomic E-state index is 12.2. The van der Waals surface area contributed by atoms with Crippen LogP contribution in [0.4, 0.5) is 0 Å². The SMILES string of the molecule is C#CCC(C/C=C/CC(CC#C)(C(=O)OC)C(=O)OC)(C(=O)OC)C(=O)OC. The second-order valence-corrected chi connectivity index (χ2v) is 5.77. The Bertz CT molecular complexity index is 613. The fourth-order valence-corrected chi connectivity index (χ4v) is 2.63. The highest BCUT2D eigenvalue weighted by atomic mass is 16.6. The summed E-state index contributed by atoms with van der Waals surface area (Å²) in [5.74, 6) is 1.07. The van der Waals surface area contributed by atoms with Gasteiger partial charge in [-0.1, -0.05) is 12.2 Å². The van der Waals surface area contributed by atoms with Crippen molar-refractivity contribution in [2.75, 3.05) is 28.4 Å². The Balaban J connectivity index is 5.83. The van der Waals surface area contributed by atoms with Gasteiger partial charge in [-0.05, 0) is 12.8 Å². The second kappa shape index (κ2) is 11.5. The van der Waals surface area contributed by atoms with Gasteiger partial charge < -0.3 is 18.9 Å². The van der Waals surface area contributed by atoms with Crippen molar-refractivity contribution >= 4 is 23.9 Å². The van der Waals surface area contributed by atoms with Gasteiger partial charge >= 0.3 is 23.9 Å². The highest BCUT2D eigenvalue weighted by molar-refractivity contribution is 6.01. The quantitative estimate of drug-likeness (QED) is 0.178. The molecule has 0 aromatic heterocycles. The predicted molar refractivity (Wildman–Crippen MR) is 98.2 cm³/mol. The van der Waals surface area contributed by atoms with E-state index in [4.69, 9.17) is 31.8 Å². The first kappa shape index (κ1) is 24.7. The zero-order valence-corrected chi connectivity index (χ0v) is 16.4. The van der Waals surface area contributed by atoms with Crippen LogP contribution in [0.15, 0.2) is 12.2 Å². The Labute approximate surface area is 164 Å². The number of hydrogen-bond donors (Lipinski definition) is 0. The molecule has 0 saturated heterocycles. The Hall–Kier alpha value is -3.26. The number of carbonyl (C=O) groups is 4. The minimum atomic E-state index is -1.75. The van der Waals surface area contributed by atoms with Crippen molar-refractivity contribution in [1.29, 1.82) is 0 Å². The van der Waals surface area contributed by atoms with Gasteiger partial charge in [0.15, 0.2) is 10.8 Å². The molecular formula is C20H24O8. The third-order valence-electron chi connectivity index (χ3n) is 4.21. The monoisotopic (exact) mass is 392 g/mol. The summed E-state index contributed by atoms with van der Waals surface area (Å²) >= 11 is 0. The molecule has 152 valence electrons. The van der Waals surface area contributed by atoms with Crippen molar-refractivity contribution < 1.29 is 38.1 Å². The molecule has 0 aliphatic carbocycles. The molecule has 0 radical (unpaired) electrons. The zero-order chi connectivity index (χ0) is 21.8. The highest BCUT2D eigenvalue weighted by Crippen LogP contribution is 2.33. The van der Waals surface area contributed by atoms with E-state index in [0.717, 1.165) is 28.4 Å². The average Bonchev–Trinajstić information content (AvgIpc) is 2.72. The van der Waals surface area contributed by atoms with E-state index < -0.39 is 34.7 Å². The topological polar surface area (TPSA) is 105 Å². The third-order valence-corrected chi connectivity index (χ3v) is 4.21. The van der Waals surface area contributed by atoms with Gasteiger partial charge in [0.05, 0.1) is 28.4 Å². The van der Waals surface area contributed by atoms with E-state index in [-0.39, 0.29) is 25.7 Å². The maximum Gasteiger partial charge on any atom is 0.324 e. The van der Waals surface area contributed by atoms with Gasteiger partial charge in [0.25, 0.3) is 0 Å². The molecule has 0 bridgehead atoms. The van der Waals surface area contributed by atoms with Gasteiger partial charge in [-0.3, -0.25) is 19.2 Å². The first-order chi connectivity index (χ1) is 13.3. The predicted octanol–water partition coefficient (Wildman–Crippen LogP) is 1.03. The number of terminal acetylenes is 2. The first-order valence-electron chi connectivity index (χ1n) is 8.11. The van der Waals surface area contributed by atoms with E-state index in [9.17, 15) is 19.2 Å². The number of ether oxygens (including phenoxy) is 4. The van der Waals surface area contributed by atoms with Gasteiger partial charge in [-0.15, -0.1) is 24.7 Å². The molecule has 0 saturated carbocycles. The van der Waals surface area contributed by atoms with E-state index in [1.807, 2.05) is 0 Å². The van der Waals surface area contributed by atoms with Crippen LogP contribution in [0.5, 0.6) is 0 Å². The lowest BCUT2D eigenvalue weighted by Crippen LogP contribution is -2.41. The molecule has 0 heterocycles. The third kappa shape index (κ3) is 5.14. The normalized spacial score (nSPS) is 11.1. The van der Waals surface area contributed by atoms with E-state index in [0.29, 0.717) is 0 Å². The van der Waals surface area contributed by atoms with Crippen LogP contribution in [0.1, 0.15) is 25.7 Å². The summed E-state index contributed by atoms with van der Waals surface area (Å²) in [7, 11) is 4.47. The number of hydrogen-bond acceptors (Lipinski definition) is 8. The molecular weight excluding hydrogens is 368 g/mol. The first-order valence-corrected chi connectivity index (χ1v) is 8.11. The van der Waals surface area contributed by atoms with Gasteiger partial charge in [0.1, 0.15) is 0 Å². The van der Waals surface area contributed by atoms with E-state index in [1.165, 1.54) is 12.2 Å². The van der Waals surface area contributed by atoms with Crippen LogP contribution in [0.25, 0.3) is 0 Å². The molecule has 0 aliphatic heterocycles. The molecule has 0 aromatic rings. The molecule has 0 unspecified atom stereocenters. The lowest BCUT2D eigenvalue weighted by atomic mass is 9.79. The molecule has 0 rings (SSSR count). The molecule has 0 aromatic carbocycles. The molecule has 0 spiro atoms. The van der Waals surface area contributed by atoms with Crippen LogP contribution in [0.2, 0.25) is 0 Å². The number of carbonyl (C=O) groups excluding carboxylic acids is 4. The van der Waals surface area contributed by atoms with Crippen molar-refractivity contribution in [2.45, 2.75) is 25.7 Å². The van der Waals surface area contributed by atoms with Gasteiger partial charge in [-0.25, -0.2) is 0 Å². The standard InChI is InChI=1S/C20H24O8/c1-7-11-19(15(21)25-3,16(22)26-4)13-9-10-14-20(12-8-2,17(23)27-5)18(24)28-6/h1-2,9-10H,11-14H2,3-6H3/b10-9+. The van der Waals surface area contributed by atoms with Crippen molar-refractivity contribution in [3.05, 3.63) is 12.2 Å². The molecule has 8 heteroatoms. The van der Waals surface area contributed by atoms with E-state index >= 15 is 0 Å². The lowest BCUT2D eigenvalue weighted by molar-refractivity contribution is -0.170. The number of rotatable bonds is 10. The molecule has 28 heavy (non-hydrogen) atoms. The minimum absolute atomic E-state index is 0.176. The van der Waals surface area contributed by atoms with E-state index in [1.54, 1.807) is 0 Å². The summed E-state index contributed by atoms with van der Waals surface area (Å²) < 4.78 is 18.8. The molecule has 0 N–H and O–H groups in total. The summed E-state index contributed by atoms with van der Waals surface area (Å²) in [6.07, 6.45) is 12.5. The molecule has 0 atom stereocenters. The summed E-state index contributed by atoms with van der Waals surface area (Å²) in [6, 6.07) is 0. The fraction of sp³-hybridized carbons (Fsp3) is 0.500. The maximum absolute atomic E-state index is 12.2. The van der Waals surface area contributed by atoms with Crippen LogP contribution in [0.3, 0.4) is 0 Å². The Kier molecular flexibility index (Phi) is 10.1. The zero-order valence-electron chi connectivity index (χ0n) is 16.4. The van der Waals surface area contributed by atoms with Crippen molar-refractivity contribution in [3.8, 4) is 24.7 Å². The van der Waals surface area contributed by atoms with Gasteiger partial charge in [0.2, 0.25) is 0 Å². The second-order valence-electron chi connectivity index (χ2n) is 5.77. The van der Waals surface area contributed by atoms with Crippen LogP contribution in [-0.2, 0) is 38.1 Å². The number of allylic oxidation sites excluding steroid dienone is 2. The summed E-state index contributed by atoms with van der Waals surface area (Å²) in [6.45, 7) is 0. The molecule has 0 amide bonds. The van der Waals surface area contributed by atoms with E-state index in [2.05, 4.69) is 11.8 Å². The van der Waals surface area contributed by atoms with Crippen LogP contribution in [0, 0.1) is 35.5 Å². The molecule has 8 nitrogen and oxygen atoms in total. The Morgan fingerprint density at radius 1 is 0.679 bits per heavy atom. The largest absolute Gasteiger partial charge is 0.468 e. The van der Waals surface area contributed by atoms with Crippen LogP contribution < -0.4 is 0 Å². The van der Waals surface area contributed by atoms with Crippen LogP contribution >= 0.6 is 0 Å².